The molecule has 0 aliphatic rings. The Kier molecular flexibility index (Phi) is 4.35. The highest BCUT2D eigenvalue weighted by molar-refractivity contribution is 9.10. The zero-order valence-electron chi connectivity index (χ0n) is 10.1. The zero-order chi connectivity index (χ0) is 13.7. The van der Waals surface area contributed by atoms with Crippen molar-refractivity contribution in [3.05, 3.63) is 52.4 Å². The Labute approximate surface area is 118 Å². The summed E-state index contributed by atoms with van der Waals surface area (Å²) in [7, 11) is 1.59. The van der Waals surface area contributed by atoms with Crippen molar-refractivity contribution in [3.8, 4) is 5.75 Å². The molecule has 1 amide bonds. The third-order valence-corrected chi connectivity index (χ3v) is 2.92. The largest absolute Gasteiger partial charge is 0.496 e. The molecule has 0 spiro atoms. The van der Waals surface area contributed by atoms with Crippen molar-refractivity contribution in [1.82, 2.24) is 5.43 Å². The maximum absolute atomic E-state index is 11.5. The number of rotatable bonds is 4. The summed E-state index contributed by atoms with van der Waals surface area (Å²) < 4.78 is 10.9. The van der Waals surface area contributed by atoms with Crippen LogP contribution < -0.4 is 10.2 Å². The summed E-state index contributed by atoms with van der Waals surface area (Å²) in [6.07, 6.45) is 2.96. The Balaban J connectivity index is 1.99. The summed E-state index contributed by atoms with van der Waals surface area (Å²) in [4.78, 5) is 11.5. The number of hydrazone groups is 1. The zero-order valence-corrected chi connectivity index (χ0v) is 11.7. The lowest BCUT2D eigenvalue weighted by atomic mass is 10.2. The molecule has 0 bridgehead atoms. The van der Waals surface area contributed by atoms with E-state index in [0.29, 0.717) is 0 Å². The van der Waals surface area contributed by atoms with Crippen LogP contribution in [0.15, 0.2) is 50.6 Å². The number of methoxy groups -OCH3 is 1. The van der Waals surface area contributed by atoms with Crippen LogP contribution in [0.25, 0.3) is 0 Å². The smallest absolute Gasteiger partial charge is 0.307 e. The summed E-state index contributed by atoms with van der Waals surface area (Å²) in [5.41, 5.74) is 3.20. The molecule has 0 saturated carbocycles. The van der Waals surface area contributed by atoms with Crippen LogP contribution in [0, 0.1) is 0 Å². The molecule has 0 atom stereocenters. The summed E-state index contributed by atoms with van der Waals surface area (Å²) >= 11 is 3.37. The van der Waals surface area contributed by atoms with Crippen molar-refractivity contribution < 1.29 is 13.9 Å². The fourth-order valence-electron chi connectivity index (χ4n) is 1.39. The van der Waals surface area contributed by atoms with Gasteiger partial charge in [0.05, 0.1) is 24.1 Å². The number of carbonyl (C=O) groups is 1. The second-order valence-corrected chi connectivity index (χ2v) is 4.42. The first-order valence-corrected chi connectivity index (χ1v) is 6.20. The van der Waals surface area contributed by atoms with Crippen molar-refractivity contribution in [2.24, 2.45) is 5.10 Å². The number of ether oxygens (including phenoxy) is 1. The van der Waals surface area contributed by atoms with Gasteiger partial charge in [-0.2, -0.15) is 5.10 Å². The molecule has 0 radical (unpaired) electrons. The molecule has 0 saturated heterocycles. The lowest BCUT2D eigenvalue weighted by molar-refractivity contribution is 0.0927. The molecule has 0 unspecified atom stereocenters. The molecule has 1 heterocycles. The quantitative estimate of drug-likeness (QED) is 0.695. The molecule has 0 fully saturated rings. The minimum absolute atomic E-state index is 0.216. The number of hydrogen-bond donors (Lipinski definition) is 1. The van der Waals surface area contributed by atoms with Gasteiger partial charge in [0, 0.05) is 0 Å². The molecule has 2 aromatic rings. The van der Waals surface area contributed by atoms with E-state index in [1.807, 2.05) is 12.1 Å². The van der Waals surface area contributed by atoms with Crippen LogP contribution >= 0.6 is 15.9 Å². The summed E-state index contributed by atoms with van der Waals surface area (Å²) in [6.45, 7) is 0. The van der Waals surface area contributed by atoms with Crippen molar-refractivity contribution in [1.29, 1.82) is 0 Å². The van der Waals surface area contributed by atoms with Crippen LogP contribution in [0.2, 0.25) is 0 Å². The van der Waals surface area contributed by atoms with E-state index < -0.39 is 5.91 Å². The van der Waals surface area contributed by atoms with E-state index >= 15 is 0 Å². The maximum atomic E-state index is 11.5. The lowest BCUT2D eigenvalue weighted by Gasteiger charge is -2.03. The van der Waals surface area contributed by atoms with Gasteiger partial charge in [0.1, 0.15) is 5.75 Å². The number of nitrogens with one attached hydrogen (secondary N) is 1. The van der Waals surface area contributed by atoms with Gasteiger partial charge in [0.2, 0.25) is 0 Å². The first-order valence-electron chi connectivity index (χ1n) is 5.41. The Morgan fingerprint density at radius 2 is 2.32 bits per heavy atom. The number of benzene rings is 1. The molecule has 19 heavy (non-hydrogen) atoms. The van der Waals surface area contributed by atoms with Gasteiger partial charge < -0.3 is 9.15 Å². The fraction of sp³-hybridized carbons (Fsp3) is 0.0769. The maximum Gasteiger partial charge on any atom is 0.307 e. The predicted molar refractivity (Wildman–Crippen MR) is 74.5 cm³/mol. The van der Waals surface area contributed by atoms with E-state index in [0.717, 1.165) is 15.8 Å². The van der Waals surface area contributed by atoms with E-state index in [4.69, 9.17) is 9.15 Å². The van der Waals surface area contributed by atoms with Gasteiger partial charge in [0.25, 0.3) is 0 Å². The van der Waals surface area contributed by atoms with Gasteiger partial charge in [-0.25, -0.2) is 5.43 Å². The number of hydrogen-bond acceptors (Lipinski definition) is 4. The van der Waals surface area contributed by atoms with E-state index in [-0.39, 0.29) is 5.76 Å². The number of carbonyl (C=O) groups excluding carboxylic acids is 1. The molecule has 6 heteroatoms. The Morgan fingerprint density at radius 3 is 2.95 bits per heavy atom. The van der Waals surface area contributed by atoms with Gasteiger partial charge in [-0.05, 0) is 51.8 Å². The Hall–Kier alpha value is -2.08. The van der Waals surface area contributed by atoms with Crippen molar-refractivity contribution >= 4 is 28.1 Å². The summed E-state index contributed by atoms with van der Waals surface area (Å²) in [6, 6.07) is 8.67. The van der Waals surface area contributed by atoms with Crippen LogP contribution in [-0.2, 0) is 0 Å². The number of halogens is 1. The molecule has 0 aliphatic carbocycles. The monoisotopic (exact) mass is 322 g/mol. The molecule has 0 aliphatic heterocycles. The van der Waals surface area contributed by atoms with Crippen molar-refractivity contribution in [3.63, 3.8) is 0 Å². The van der Waals surface area contributed by atoms with Crippen molar-refractivity contribution in [2.45, 2.75) is 0 Å². The van der Waals surface area contributed by atoms with Crippen molar-refractivity contribution in [2.75, 3.05) is 7.11 Å². The van der Waals surface area contributed by atoms with Crippen LogP contribution in [0.1, 0.15) is 16.1 Å². The van der Waals surface area contributed by atoms with Crippen LogP contribution in [0.4, 0.5) is 0 Å². The predicted octanol–water partition coefficient (Wildman–Crippen LogP) is 2.81. The van der Waals surface area contributed by atoms with Gasteiger partial charge in [-0.1, -0.05) is 0 Å². The normalized spacial score (nSPS) is 10.6. The van der Waals surface area contributed by atoms with Crippen LogP contribution in [-0.4, -0.2) is 19.2 Å². The van der Waals surface area contributed by atoms with E-state index in [9.17, 15) is 4.79 Å². The Morgan fingerprint density at radius 1 is 1.47 bits per heavy atom. The number of furan rings is 1. The first-order chi connectivity index (χ1) is 9.20. The molecule has 1 aromatic heterocycles. The number of nitrogens with zero attached hydrogens (tertiary/aromatic N) is 1. The second kappa shape index (κ2) is 6.19. The number of amides is 1. The Bertz CT molecular complexity index is 594. The van der Waals surface area contributed by atoms with Crippen LogP contribution in [0.3, 0.4) is 0 Å². The fourth-order valence-corrected chi connectivity index (χ4v) is 1.95. The minimum atomic E-state index is -0.395. The molecule has 5 nitrogen and oxygen atoms in total. The van der Waals surface area contributed by atoms with Crippen LogP contribution in [0.5, 0.6) is 5.75 Å². The molecule has 2 rings (SSSR count). The minimum Gasteiger partial charge on any atom is -0.496 e. The summed E-state index contributed by atoms with van der Waals surface area (Å²) in [5.74, 6) is 0.554. The second-order valence-electron chi connectivity index (χ2n) is 3.57. The van der Waals surface area contributed by atoms with Gasteiger partial charge >= 0.3 is 5.91 Å². The highest BCUT2D eigenvalue weighted by Crippen LogP contribution is 2.24. The van der Waals surface area contributed by atoms with E-state index in [1.54, 1.807) is 25.3 Å². The third-order valence-electron chi connectivity index (χ3n) is 2.30. The van der Waals surface area contributed by atoms with Gasteiger partial charge in [-0.3, -0.25) is 4.79 Å². The van der Waals surface area contributed by atoms with E-state index in [1.165, 1.54) is 12.5 Å². The lowest BCUT2D eigenvalue weighted by Crippen LogP contribution is -2.16. The average molecular weight is 323 g/mol. The first kappa shape index (κ1) is 13.4. The highest BCUT2D eigenvalue weighted by atomic mass is 79.9. The highest BCUT2D eigenvalue weighted by Gasteiger charge is 2.06. The van der Waals surface area contributed by atoms with E-state index in [2.05, 4.69) is 26.5 Å². The molecular weight excluding hydrogens is 312 g/mol. The molecular formula is C13H11BrN2O3. The molecule has 98 valence electrons. The SMILES string of the molecule is COc1ccc(/C=N\NC(=O)c2ccco2)cc1Br. The molecule has 1 aromatic carbocycles. The topological polar surface area (TPSA) is 63.8 Å². The molecule has 1 N–H and O–H groups in total. The third kappa shape index (κ3) is 3.45. The average Bonchev–Trinajstić information content (AvgIpc) is 2.93. The van der Waals surface area contributed by atoms with Gasteiger partial charge in [-0.15, -0.1) is 0 Å². The summed E-state index contributed by atoms with van der Waals surface area (Å²) in [5, 5.41) is 3.85. The van der Waals surface area contributed by atoms with Gasteiger partial charge in [0.15, 0.2) is 5.76 Å². The standard InChI is InChI=1S/C13H11BrN2O3/c1-18-11-5-4-9(7-10(11)14)8-15-16-13(17)12-3-2-6-19-12/h2-8H,1H3,(H,16,17)/b15-8-.